The Labute approximate surface area is 113 Å². The highest BCUT2D eigenvalue weighted by Gasteiger charge is 2.33. The Morgan fingerprint density at radius 1 is 1.42 bits per heavy atom. The largest absolute Gasteiger partial charge is 0.390 e. The molecule has 2 aliphatic carbocycles. The van der Waals surface area contributed by atoms with Crippen LogP contribution in [0.15, 0.2) is 24.3 Å². The summed E-state index contributed by atoms with van der Waals surface area (Å²) in [5.74, 6) is -0.00449. The third-order valence-electron chi connectivity index (χ3n) is 4.08. The molecular formula is C15H20N2O2. The molecule has 1 amide bonds. The highest BCUT2D eigenvalue weighted by molar-refractivity contribution is 5.79. The molecule has 1 aromatic carbocycles. The second kappa shape index (κ2) is 4.94. The average molecular weight is 260 g/mol. The summed E-state index contributed by atoms with van der Waals surface area (Å²) < 4.78 is 0. The van der Waals surface area contributed by atoms with Crippen LogP contribution in [0.3, 0.4) is 0 Å². The van der Waals surface area contributed by atoms with E-state index in [0.29, 0.717) is 19.0 Å². The molecule has 1 fully saturated rings. The topological polar surface area (TPSA) is 52.6 Å². The van der Waals surface area contributed by atoms with E-state index in [1.165, 1.54) is 12.8 Å². The summed E-state index contributed by atoms with van der Waals surface area (Å²) in [6.07, 6.45) is 2.50. The van der Waals surface area contributed by atoms with Crippen molar-refractivity contribution in [2.75, 3.05) is 13.6 Å². The maximum Gasteiger partial charge on any atom is 0.234 e. The number of aliphatic hydroxyl groups is 1. The number of hydrogen-bond donors (Lipinski definition) is 2. The van der Waals surface area contributed by atoms with E-state index in [9.17, 15) is 9.90 Å². The number of carbonyl (C=O) groups is 1. The Balaban J connectivity index is 1.64. The van der Waals surface area contributed by atoms with E-state index in [4.69, 9.17) is 0 Å². The molecular weight excluding hydrogens is 240 g/mol. The van der Waals surface area contributed by atoms with Crippen LogP contribution in [0, 0.1) is 0 Å². The van der Waals surface area contributed by atoms with Gasteiger partial charge in [0, 0.05) is 12.5 Å². The summed E-state index contributed by atoms with van der Waals surface area (Å²) in [6, 6.07) is 8.24. The molecule has 2 atom stereocenters. The van der Waals surface area contributed by atoms with Crippen LogP contribution >= 0.6 is 0 Å². The van der Waals surface area contributed by atoms with E-state index in [-0.39, 0.29) is 11.9 Å². The Kier molecular flexibility index (Phi) is 3.29. The number of nitrogens with one attached hydrogen (secondary N) is 1. The number of aliphatic hydroxyl groups excluding tert-OH is 1. The molecule has 2 unspecified atom stereocenters. The Bertz CT molecular complexity index is 485. The summed E-state index contributed by atoms with van der Waals surface area (Å²) in [5.41, 5.74) is 2.19. The lowest BCUT2D eigenvalue weighted by molar-refractivity contribution is -0.123. The monoisotopic (exact) mass is 260 g/mol. The summed E-state index contributed by atoms with van der Waals surface area (Å²) in [5, 5.41) is 13.1. The van der Waals surface area contributed by atoms with Gasteiger partial charge in [-0.3, -0.25) is 9.69 Å². The molecule has 4 nitrogen and oxygen atoms in total. The maximum atomic E-state index is 12.0. The van der Waals surface area contributed by atoms with Crippen molar-refractivity contribution in [3.05, 3.63) is 35.4 Å². The fourth-order valence-corrected chi connectivity index (χ4v) is 2.84. The zero-order valence-corrected chi connectivity index (χ0v) is 11.2. The van der Waals surface area contributed by atoms with E-state index < -0.39 is 6.10 Å². The molecule has 102 valence electrons. The Morgan fingerprint density at radius 2 is 2.16 bits per heavy atom. The van der Waals surface area contributed by atoms with E-state index in [0.717, 1.165) is 11.1 Å². The van der Waals surface area contributed by atoms with Gasteiger partial charge < -0.3 is 10.4 Å². The van der Waals surface area contributed by atoms with Crippen LogP contribution in [0.5, 0.6) is 0 Å². The quantitative estimate of drug-likeness (QED) is 0.844. The molecule has 0 radical (unpaired) electrons. The number of amides is 1. The molecule has 0 saturated heterocycles. The first kappa shape index (κ1) is 12.6. The molecule has 2 N–H and O–H groups in total. The number of nitrogens with zero attached hydrogens (tertiary/aromatic N) is 1. The van der Waals surface area contributed by atoms with Crippen molar-refractivity contribution in [1.29, 1.82) is 0 Å². The zero-order chi connectivity index (χ0) is 13.4. The lowest BCUT2D eigenvalue weighted by atomic mass is 10.1. The molecule has 0 bridgehead atoms. The van der Waals surface area contributed by atoms with E-state index >= 15 is 0 Å². The van der Waals surface area contributed by atoms with Gasteiger partial charge in [0.25, 0.3) is 0 Å². The Morgan fingerprint density at radius 3 is 2.89 bits per heavy atom. The van der Waals surface area contributed by atoms with Crippen LogP contribution in [-0.4, -0.2) is 41.7 Å². The molecule has 1 aromatic rings. The van der Waals surface area contributed by atoms with Crippen molar-refractivity contribution >= 4 is 5.91 Å². The number of likely N-dealkylation sites (N-methyl/N-ethyl adjacent to an activating group) is 1. The number of benzene rings is 1. The lowest BCUT2D eigenvalue weighted by Gasteiger charge is -2.21. The molecule has 3 rings (SSSR count). The van der Waals surface area contributed by atoms with Gasteiger partial charge in [0.1, 0.15) is 0 Å². The van der Waals surface area contributed by atoms with Gasteiger partial charge in [0.2, 0.25) is 5.91 Å². The third-order valence-corrected chi connectivity index (χ3v) is 4.08. The summed E-state index contributed by atoms with van der Waals surface area (Å²) in [4.78, 5) is 14.1. The average Bonchev–Trinajstić information content (AvgIpc) is 3.17. The molecule has 4 heteroatoms. The molecule has 0 aromatic heterocycles. The second-order valence-corrected chi connectivity index (χ2v) is 5.66. The standard InChI is InChI=1S/C15H20N2O2/c1-17(11-6-7-11)9-14(19)16-15-12-5-3-2-4-10(12)8-13(15)18/h2-5,11,13,15,18H,6-9H2,1H3,(H,16,19). The second-order valence-electron chi connectivity index (χ2n) is 5.66. The molecule has 1 saturated carbocycles. The minimum Gasteiger partial charge on any atom is -0.390 e. The highest BCUT2D eigenvalue weighted by Crippen LogP contribution is 2.31. The van der Waals surface area contributed by atoms with Crippen LogP contribution in [-0.2, 0) is 11.2 Å². The van der Waals surface area contributed by atoms with E-state index in [1.807, 2.05) is 31.3 Å². The summed E-state index contributed by atoms with van der Waals surface area (Å²) in [7, 11) is 1.98. The molecule has 0 spiro atoms. The van der Waals surface area contributed by atoms with Gasteiger partial charge in [-0.15, -0.1) is 0 Å². The van der Waals surface area contributed by atoms with Gasteiger partial charge in [-0.2, -0.15) is 0 Å². The minimum atomic E-state index is -0.507. The van der Waals surface area contributed by atoms with Crippen LogP contribution in [0.2, 0.25) is 0 Å². The van der Waals surface area contributed by atoms with E-state index in [1.54, 1.807) is 0 Å². The predicted molar refractivity (Wildman–Crippen MR) is 72.7 cm³/mol. The number of rotatable bonds is 4. The third kappa shape index (κ3) is 2.65. The SMILES string of the molecule is CN(CC(=O)NC1c2ccccc2CC1O)C1CC1. The summed E-state index contributed by atoms with van der Waals surface area (Å²) >= 11 is 0. The zero-order valence-electron chi connectivity index (χ0n) is 11.2. The first-order valence-corrected chi connectivity index (χ1v) is 6.90. The predicted octanol–water partition coefficient (Wildman–Crippen LogP) is 0.855. The van der Waals surface area contributed by atoms with Gasteiger partial charge in [0.15, 0.2) is 0 Å². The maximum absolute atomic E-state index is 12.0. The van der Waals surface area contributed by atoms with Crippen molar-refractivity contribution < 1.29 is 9.90 Å². The van der Waals surface area contributed by atoms with Crippen molar-refractivity contribution in [2.24, 2.45) is 0 Å². The highest BCUT2D eigenvalue weighted by atomic mass is 16.3. The normalized spacial score (nSPS) is 25.4. The molecule has 0 aliphatic heterocycles. The van der Waals surface area contributed by atoms with Crippen molar-refractivity contribution in [2.45, 2.75) is 37.5 Å². The molecule has 19 heavy (non-hydrogen) atoms. The van der Waals surface area contributed by atoms with Crippen LogP contribution < -0.4 is 5.32 Å². The van der Waals surface area contributed by atoms with Crippen LogP contribution in [0.4, 0.5) is 0 Å². The number of fused-ring (bicyclic) bond motifs is 1. The fraction of sp³-hybridized carbons (Fsp3) is 0.533. The van der Waals surface area contributed by atoms with Crippen LogP contribution in [0.1, 0.15) is 30.0 Å². The smallest absolute Gasteiger partial charge is 0.234 e. The fourth-order valence-electron chi connectivity index (χ4n) is 2.84. The van der Waals surface area contributed by atoms with Crippen LogP contribution in [0.25, 0.3) is 0 Å². The number of carbonyl (C=O) groups excluding carboxylic acids is 1. The lowest BCUT2D eigenvalue weighted by Crippen LogP contribution is -2.40. The molecule has 2 aliphatic rings. The van der Waals surface area contributed by atoms with Gasteiger partial charge in [-0.1, -0.05) is 24.3 Å². The van der Waals surface area contributed by atoms with Gasteiger partial charge in [0.05, 0.1) is 18.7 Å². The first-order valence-electron chi connectivity index (χ1n) is 6.90. The first-order chi connectivity index (χ1) is 9.15. The van der Waals surface area contributed by atoms with Gasteiger partial charge >= 0.3 is 0 Å². The van der Waals surface area contributed by atoms with Gasteiger partial charge in [-0.25, -0.2) is 0 Å². The minimum absolute atomic E-state index is 0.00449. The van der Waals surface area contributed by atoms with Gasteiger partial charge in [-0.05, 0) is 31.0 Å². The Hall–Kier alpha value is -1.39. The number of hydrogen-bond acceptors (Lipinski definition) is 3. The van der Waals surface area contributed by atoms with Crippen molar-refractivity contribution in [3.63, 3.8) is 0 Å². The summed E-state index contributed by atoms with van der Waals surface area (Å²) in [6.45, 7) is 0.413. The van der Waals surface area contributed by atoms with E-state index in [2.05, 4.69) is 10.2 Å². The van der Waals surface area contributed by atoms with Crippen molar-refractivity contribution in [1.82, 2.24) is 10.2 Å². The molecule has 0 heterocycles. The van der Waals surface area contributed by atoms with Crippen molar-refractivity contribution in [3.8, 4) is 0 Å².